The monoisotopic (exact) mass is 597 g/mol. The van der Waals surface area contributed by atoms with E-state index in [1.165, 1.54) is 24.5 Å². The minimum Gasteiger partial charge on any atom is -0.475 e. The summed E-state index contributed by atoms with van der Waals surface area (Å²) in [4.78, 5) is 28.2. The van der Waals surface area contributed by atoms with Gasteiger partial charge in [0.25, 0.3) is 10.0 Å². The molecule has 200 valence electrons. The fourth-order valence-electron chi connectivity index (χ4n) is 3.35. The molecule has 3 aromatic rings. The molecule has 4 rings (SSSR count). The SMILES string of the molecule is CN([C@H]1CCN(Cc2csc(C(=N)N)c2)C1=O)S(=O)(=O)c1cc2nc(Cl)ccc2s1.O=C(O)C(F)(F)F. The summed E-state index contributed by atoms with van der Waals surface area (Å²) in [7, 11) is -2.42. The van der Waals surface area contributed by atoms with Gasteiger partial charge in [0.05, 0.1) is 15.1 Å². The molecule has 0 aliphatic carbocycles. The predicted molar refractivity (Wildman–Crippen MR) is 132 cm³/mol. The summed E-state index contributed by atoms with van der Waals surface area (Å²) >= 11 is 8.34. The Bertz CT molecular complexity index is 1460. The Morgan fingerprint density at radius 2 is 2.03 bits per heavy atom. The standard InChI is InChI=1S/C18H18ClN5O3S3.C2HF3O2/c1-23(30(26,27)16-7-11-13(29-16)2-3-15(19)22-11)12-4-5-24(18(12)25)8-10-6-14(17(20)21)28-9-10;3-2(4,5)1(6)7/h2-3,6-7,9,12H,4-5,8H2,1H3,(H3,20,21);(H,6,7)/t12-;/m0./s1. The van der Waals surface area contributed by atoms with Crippen molar-refractivity contribution in [3.63, 3.8) is 0 Å². The lowest BCUT2D eigenvalue weighted by molar-refractivity contribution is -0.192. The molecular weight excluding hydrogens is 579 g/mol. The van der Waals surface area contributed by atoms with Gasteiger partial charge in [-0.2, -0.15) is 17.5 Å². The van der Waals surface area contributed by atoms with Crippen molar-refractivity contribution in [1.82, 2.24) is 14.2 Å². The normalized spacial score (nSPS) is 16.2. The van der Waals surface area contributed by atoms with E-state index in [0.717, 1.165) is 21.2 Å². The highest BCUT2D eigenvalue weighted by Crippen LogP contribution is 2.32. The zero-order valence-corrected chi connectivity index (χ0v) is 22.0. The van der Waals surface area contributed by atoms with Crippen LogP contribution >= 0.6 is 34.3 Å². The number of sulfonamides is 1. The van der Waals surface area contributed by atoms with Crippen molar-refractivity contribution in [2.24, 2.45) is 5.73 Å². The Labute approximate surface area is 221 Å². The second kappa shape index (κ2) is 10.9. The van der Waals surface area contributed by atoms with Gasteiger partial charge in [0.15, 0.2) is 0 Å². The van der Waals surface area contributed by atoms with E-state index in [0.29, 0.717) is 39.8 Å². The number of carbonyl (C=O) groups excluding carboxylic acids is 1. The van der Waals surface area contributed by atoms with Crippen LogP contribution in [0.2, 0.25) is 5.15 Å². The van der Waals surface area contributed by atoms with Crippen LogP contribution in [0.15, 0.2) is 33.9 Å². The molecule has 1 fully saturated rings. The topological polar surface area (TPSA) is 158 Å². The maximum Gasteiger partial charge on any atom is 0.490 e. The van der Waals surface area contributed by atoms with Gasteiger partial charge in [-0.3, -0.25) is 10.2 Å². The fourth-order valence-corrected chi connectivity index (χ4v) is 7.12. The number of carbonyl (C=O) groups is 2. The molecule has 4 N–H and O–H groups in total. The first-order chi connectivity index (χ1) is 17.1. The smallest absolute Gasteiger partial charge is 0.475 e. The number of likely N-dealkylation sites (tertiary alicyclic amines) is 1. The first-order valence-electron chi connectivity index (χ1n) is 10.2. The summed E-state index contributed by atoms with van der Waals surface area (Å²) in [6.45, 7) is 0.816. The molecule has 1 amide bonds. The Kier molecular flexibility index (Phi) is 8.48. The maximum atomic E-state index is 13.1. The average molecular weight is 598 g/mol. The Morgan fingerprint density at radius 3 is 2.59 bits per heavy atom. The number of fused-ring (bicyclic) bond motifs is 1. The van der Waals surface area contributed by atoms with Crippen LogP contribution in [0, 0.1) is 5.41 Å². The summed E-state index contributed by atoms with van der Waals surface area (Å²) in [6.07, 6.45) is -4.67. The third-order valence-electron chi connectivity index (χ3n) is 5.19. The summed E-state index contributed by atoms with van der Waals surface area (Å²) in [5.74, 6) is -3.01. The number of hydrogen-bond donors (Lipinski definition) is 3. The zero-order valence-electron chi connectivity index (χ0n) is 18.8. The molecule has 4 heterocycles. The van der Waals surface area contributed by atoms with Gasteiger partial charge in [-0.1, -0.05) is 11.6 Å². The number of rotatable bonds is 6. The number of thiophene rings is 2. The molecule has 1 saturated heterocycles. The van der Waals surface area contributed by atoms with Gasteiger partial charge in [0.1, 0.15) is 21.2 Å². The Hall–Kier alpha value is -2.79. The molecule has 0 saturated carbocycles. The van der Waals surface area contributed by atoms with Crippen LogP contribution < -0.4 is 5.73 Å². The van der Waals surface area contributed by atoms with Crippen LogP contribution in [-0.4, -0.2) is 71.2 Å². The first-order valence-corrected chi connectivity index (χ1v) is 13.7. The highest BCUT2D eigenvalue weighted by molar-refractivity contribution is 7.91. The van der Waals surface area contributed by atoms with Gasteiger partial charge in [0, 0.05) is 20.1 Å². The van der Waals surface area contributed by atoms with Crippen LogP contribution in [0.25, 0.3) is 10.2 Å². The number of amidine groups is 1. The minimum atomic E-state index is -5.08. The van der Waals surface area contributed by atoms with E-state index in [2.05, 4.69) is 4.98 Å². The van der Waals surface area contributed by atoms with Gasteiger partial charge in [-0.15, -0.1) is 22.7 Å². The van der Waals surface area contributed by atoms with E-state index in [1.807, 2.05) is 5.38 Å². The van der Waals surface area contributed by atoms with Gasteiger partial charge in [-0.25, -0.2) is 18.2 Å². The van der Waals surface area contributed by atoms with Crippen LogP contribution in [0.3, 0.4) is 0 Å². The summed E-state index contributed by atoms with van der Waals surface area (Å²) in [5, 5.41) is 16.8. The number of alkyl halides is 3. The van der Waals surface area contributed by atoms with Gasteiger partial charge < -0.3 is 15.7 Å². The van der Waals surface area contributed by atoms with E-state index in [-0.39, 0.29) is 16.0 Å². The number of carboxylic acids is 1. The highest BCUT2D eigenvalue weighted by Gasteiger charge is 2.40. The van der Waals surface area contributed by atoms with Gasteiger partial charge >= 0.3 is 12.1 Å². The molecule has 0 unspecified atom stereocenters. The number of aromatic nitrogens is 1. The number of carboxylic acid groups (broad SMARTS) is 1. The molecule has 3 aromatic heterocycles. The van der Waals surface area contributed by atoms with E-state index >= 15 is 0 Å². The van der Waals surface area contributed by atoms with Crippen LogP contribution in [-0.2, 0) is 26.2 Å². The van der Waals surface area contributed by atoms with E-state index in [1.54, 1.807) is 23.1 Å². The molecule has 17 heteroatoms. The fraction of sp³-hybridized carbons (Fsp3) is 0.300. The van der Waals surface area contributed by atoms with Gasteiger partial charge in [-0.05, 0) is 41.6 Å². The summed E-state index contributed by atoms with van der Waals surface area (Å²) < 4.78 is 60.0. The number of nitrogens with one attached hydrogen (secondary N) is 1. The number of hydrogen-bond acceptors (Lipinski definition) is 8. The molecule has 0 radical (unpaired) electrons. The molecular formula is C20H19ClF3N5O5S3. The molecule has 1 aliphatic rings. The third-order valence-corrected chi connectivity index (χ3v) is 9.82. The quantitative estimate of drug-likeness (QED) is 0.223. The highest BCUT2D eigenvalue weighted by atomic mass is 35.5. The second-order valence-corrected chi connectivity index (χ2v) is 12.3. The van der Waals surface area contributed by atoms with Crippen molar-refractivity contribution in [2.45, 2.75) is 29.4 Å². The van der Waals surface area contributed by atoms with Crippen molar-refractivity contribution in [3.05, 3.63) is 45.2 Å². The number of amides is 1. The lowest BCUT2D eigenvalue weighted by Crippen LogP contribution is -2.42. The molecule has 37 heavy (non-hydrogen) atoms. The average Bonchev–Trinajstić information content (AvgIpc) is 3.52. The maximum absolute atomic E-state index is 13.1. The lowest BCUT2D eigenvalue weighted by Gasteiger charge is -2.22. The predicted octanol–water partition coefficient (Wildman–Crippen LogP) is 3.35. The Balaban J connectivity index is 0.000000479. The van der Waals surface area contributed by atoms with Crippen molar-refractivity contribution in [3.8, 4) is 0 Å². The summed E-state index contributed by atoms with van der Waals surface area (Å²) in [5.41, 5.74) is 6.88. The van der Waals surface area contributed by atoms with Crippen molar-refractivity contribution in [2.75, 3.05) is 13.6 Å². The van der Waals surface area contributed by atoms with E-state index in [9.17, 15) is 26.4 Å². The number of likely N-dealkylation sites (N-methyl/N-ethyl adjacent to an activating group) is 1. The van der Waals surface area contributed by atoms with Gasteiger partial charge in [0.2, 0.25) is 5.91 Å². The van der Waals surface area contributed by atoms with Crippen molar-refractivity contribution >= 4 is 72.2 Å². The van der Waals surface area contributed by atoms with Crippen LogP contribution in [0.5, 0.6) is 0 Å². The molecule has 10 nitrogen and oxygen atoms in total. The second-order valence-electron chi connectivity index (χ2n) is 7.70. The van der Waals surface area contributed by atoms with Crippen LogP contribution in [0.4, 0.5) is 13.2 Å². The number of nitrogens with zero attached hydrogens (tertiary/aromatic N) is 3. The molecule has 1 aliphatic heterocycles. The minimum absolute atomic E-state index is 0.0122. The number of pyridine rings is 1. The zero-order chi connectivity index (χ0) is 27.7. The largest absolute Gasteiger partial charge is 0.490 e. The third kappa shape index (κ3) is 6.56. The first kappa shape index (κ1) is 28.8. The number of nitrogen functional groups attached to an aromatic ring is 1. The molecule has 0 aromatic carbocycles. The number of halogens is 4. The van der Waals surface area contributed by atoms with Crippen LogP contribution in [0.1, 0.15) is 16.9 Å². The van der Waals surface area contributed by atoms with Crippen molar-refractivity contribution in [1.29, 1.82) is 5.41 Å². The molecule has 0 bridgehead atoms. The van der Waals surface area contributed by atoms with E-state index < -0.39 is 28.2 Å². The van der Waals surface area contributed by atoms with Crippen molar-refractivity contribution < 1.29 is 36.3 Å². The number of nitrogens with two attached hydrogens (primary N) is 1. The summed E-state index contributed by atoms with van der Waals surface area (Å²) in [6, 6.07) is 5.85. The van der Waals surface area contributed by atoms with E-state index in [4.69, 9.17) is 32.6 Å². The lowest BCUT2D eigenvalue weighted by atomic mass is 10.2. The number of aliphatic carboxylic acids is 1. The Morgan fingerprint density at radius 1 is 1.38 bits per heavy atom. The molecule has 1 atom stereocenters. The molecule has 0 spiro atoms.